The van der Waals surface area contributed by atoms with Crippen molar-refractivity contribution in [2.75, 3.05) is 7.11 Å². The molecule has 0 aliphatic heterocycles. The van der Waals surface area contributed by atoms with E-state index in [1.54, 1.807) is 0 Å². The van der Waals surface area contributed by atoms with Gasteiger partial charge >= 0.3 is 5.97 Å². The van der Waals surface area contributed by atoms with Crippen LogP contribution in [0.1, 0.15) is 106 Å². The Morgan fingerprint density at radius 3 is 2.33 bits per heavy atom. The number of hydrogen-bond donors (Lipinski definition) is 1. The topological polar surface area (TPSA) is 63.6 Å². The van der Waals surface area contributed by atoms with Crippen LogP contribution in [0.5, 0.6) is 0 Å². The monoisotopic (exact) mass is 462 g/mol. The summed E-state index contributed by atoms with van der Waals surface area (Å²) in [7, 11) is 1.47. The normalized spacial score (nSPS) is 45.1. The third kappa shape index (κ3) is 4.43. The smallest absolute Gasteiger partial charge is 0.305 e. The highest BCUT2D eigenvalue weighted by molar-refractivity contribution is 5.86. The molecule has 4 nitrogen and oxygen atoms in total. The van der Waals surface area contributed by atoms with E-state index in [2.05, 4.69) is 27.7 Å². The van der Waals surface area contributed by atoms with Crippen molar-refractivity contribution in [3.8, 4) is 0 Å². The molecule has 33 heavy (non-hydrogen) atoms. The molecule has 4 aliphatic carbocycles. The number of hydrogen-bond acceptors (Lipinski definition) is 4. The van der Waals surface area contributed by atoms with Gasteiger partial charge in [-0.05, 0) is 98.2 Å². The van der Waals surface area contributed by atoms with Crippen molar-refractivity contribution >= 4 is 11.8 Å². The van der Waals surface area contributed by atoms with E-state index < -0.39 is 0 Å². The summed E-state index contributed by atoms with van der Waals surface area (Å²) >= 11 is 0. The van der Waals surface area contributed by atoms with Gasteiger partial charge in [-0.2, -0.15) is 0 Å². The van der Waals surface area contributed by atoms with Gasteiger partial charge in [-0.1, -0.05) is 41.5 Å². The zero-order valence-electron chi connectivity index (χ0n) is 22.4. The Hall–Kier alpha value is -0.900. The zero-order valence-corrected chi connectivity index (χ0v) is 22.4. The van der Waals surface area contributed by atoms with E-state index in [1.165, 1.54) is 20.0 Å². The Balaban J connectivity index is 0.00000149. The Morgan fingerprint density at radius 1 is 1.06 bits per heavy atom. The molecule has 4 heteroatoms. The fraction of sp³-hybridized carbons (Fsp3) is 0.931. The molecule has 0 bridgehead atoms. The van der Waals surface area contributed by atoms with Crippen LogP contribution < -0.4 is 0 Å². The molecule has 0 aromatic rings. The van der Waals surface area contributed by atoms with Gasteiger partial charge in [0, 0.05) is 18.3 Å². The van der Waals surface area contributed by atoms with Gasteiger partial charge in [-0.15, -0.1) is 0 Å². The number of aliphatic hydroxyl groups is 1. The number of rotatable bonds is 5. The second-order valence-electron chi connectivity index (χ2n) is 12.0. The minimum Gasteiger partial charge on any atom is -0.469 e. The van der Waals surface area contributed by atoms with E-state index in [9.17, 15) is 14.7 Å². The van der Waals surface area contributed by atoms with Crippen LogP contribution in [-0.2, 0) is 14.3 Å². The van der Waals surface area contributed by atoms with E-state index >= 15 is 0 Å². The summed E-state index contributed by atoms with van der Waals surface area (Å²) in [5, 5.41) is 10.4. The molecule has 4 rings (SSSR count). The molecule has 10 atom stereocenters. The standard InChI is InChI=1S/C27H44O4.C2H6/c1-6-18-22-15-17(28)11-13-27(22,4)21-12-14-26(3)19(16(2)7-10-23(29)31-5)8-9-20(26)24(21)25(18)30;1-2/h16-22,24,28H,6-15H2,1-5H3;1-2H3/t16-,17-,18-,19?,20?,21+,22?,24?,26?,27?;/m1./s1. The predicted molar refractivity (Wildman–Crippen MR) is 133 cm³/mol. The maximum Gasteiger partial charge on any atom is 0.305 e. The van der Waals surface area contributed by atoms with Crippen LogP contribution in [0, 0.1) is 52.3 Å². The third-order valence-corrected chi connectivity index (χ3v) is 10.9. The first-order valence-corrected chi connectivity index (χ1v) is 14.0. The van der Waals surface area contributed by atoms with E-state index in [-0.39, 0.29) is 34.7 Å². The number of ketones is 1. The molecule has 6 unspecified atom stereocenters. The number of aliphatic hydroxyl groups excluding tert-OH is 1. The Morgan fingerprint density at radius 2 is 1.70 bits per heavy atom. The highest BCUT2D eigenvalue weighted by Gasteiger charge is 2.65. The van der Waals surface area contributed by atoms with Crippen molar-refractivity contribution in [1.29, 1.82) is 0 Å². The van der Waals surface area contributed by atoms with Crippen molar-refractivity contribution in [3.05, 3.63) is 0 Å². The first-order chi connectivity index (χ1) is 15.7. The quantitative estimate of drug-likeness (QED) is 0.478. The van der Waals surface area contributed by atoms with E-state index in [1.807, 2.05) is 13.8 Å². The highest BCUT2D eigenvalue weighted by atomic mass is 16.5. The summed E-state index contributed by atoms with van der Waals surface area (Å²) in [6.07, 6.45) is 9.59. The van der Waals surface area contributed by atoms with Crippen LogP contribution in [0.3, 0.4) is 0 Å². The van der Waals surface area contributed by atoms with E-state index in [4.69, 9.17) is 4.74 Å². The van der Waals surface area contributed by atoms with Gasteiger partial charge in [-0.25, -0.2) is 0 Å². The van der Waals surface area contributed by atoms with Gasteiger partial charge in [0.2, 0.25) is 0 Å². The maximum absolute atomic E-state index is 14.0. The van der Waals surface area contributed by atoms with Crippen molar-refractivity contribution in [2.24, 2.45) is 52.3 Å². The fourth-order valence-corrected chi connectivity index (χ4v) is 9.26. The van der Waals surface area contributed by atoms with Crippen molar-refractivity contribution in [2.45, 2.75) is 112 Å². The van der Waals surface area contributed by atoms with Gasteiger partial charge in [0.25, 0.3) is 0 Å². The lowest BCUT2D eigenvalue weighted by Gasteiger charge is -2.62. The summed E-state index contributed by atoms with van der Waals surface area (Å²) in [5.41, 5.74) is 0.413. The number of methoxy groups -OCH3 is 1. The molecule has 0 aromatic heterocycles. The van der Waals surface area contributed by atoms with Gasteiger partial charge in [0.15, 0.2) is 0 Å². The predicted octanol–water partition coefficient (Wildman–Crippen LogP) is 6.44. The molecule has 4 aliphatic rings. The number of esters is 1. The van der Waals surface area contributed by atoms with E-state index in [0.717, 1.165) is 44.9 Å². The van der Waals surface area contributed by atoms with Crippen LogP contribution >= 0.6 is 0 Å². The lowest BCUT2D eigenvalue weighted by molar-refractivity contribution is -0.173. The fourth-order valence-electron chi connectivity index (χ4n) is 9.26. The molecule has 4 saturated carbocycles. The largest absolute Gasteiger partial charge is 0.469 e. The summed E-state index contributed by atoms with van der Waals surface area (Å²) in [6.45, 7) is 13.4. The number of carbonyl (C=O) groups excluding carboxylic acids is 2. The van der Waals surface area contributed by atoms with Crippen LogP contribution in [0.4, 0.5) is 0 Å². The molecule has 0 saturated heterocycles. The van der Waals surface area contributed by atoms with Crippen LogP contribution in [-0.4, -0.2) is 30.1 Å². The first-order valence-electron chi connectivity index (χ1n) is 14.0. The average molecular weight is 463 g/mol. The Labute approximate surface area is 202 Å². The minimum atomic E-state index is -0.225. The van der Waals surface area contributed by atoms with E-state index in [0.29, 0.717) is 41.8 Å². The van der Waals surface area contributed by atoms with Gasteiger partial charge < -0.3 is 9.84 Å². The first kappa shape index (κ1) is 26.7. The number of fused-ring (bicyclic) bond motifs is 5. The average Bonchev–Trinajstić information content (AvgIpc) is 3.17. The maximum atomic E-state index is 14.0. The lowest BCUT2D eigenvalue weighted by atomic mass is 9.42. The molecule has 0 aromatic carbocycles. The third-order valence-electron chi connectivity index (χ3n) is 10.9. The van der Waals surface area contributed by atoms with Crippen molar-refractivity contribution in [3.63, 3.8) is 0 Å². The van der Waals surface area contributed by atoms with Gasteiger partial charge in [-0.3, -0.25) is 9.59 Å². The van der Waals surface area contributed by atoms with Crippen LogP contribution in [0.2, 0.25) is 0 Å². The van der Waals surface area contributed by atoms with Gasteiger partial charge in [0.05, 0.1) is 13.2 Å². The minimum absolute atomic E-state index is 0.109. The Bertz CT molecular complexity index is 704. The lowest BCUT2D eigenvalue weighted by Crippen LogP contribution is -2.60. The summed E-state index contributed by atoms with van der Waals surface area (Å²) in [6, 6.07) is 0. The van der Waals surface area contributed by atoms with Crippen molar-refractivity contribution < 1.29 is 19.4 Å². The summed E-state index contributed by atoms with van der Waals surface area (Å²) < 4.78 is 4.87. The molecule has 0 heterocycles. The number of Topliss-reactive ketones (excluding diaryl/α,β-unsaturated/α-hetero) is 1. The Kier molecular flexibility index (Phi) is 8.40. The summed E-state index contributed by atoms with van der Waals surface area (Å²) in [5.74, 6) is 3.16. The zero-order chi connectivity index (χ0) is 24.6. The van der Waals surface area contributed by atoms with Crippen molar-refractivity contribution in [1.82, 2.24) is 0 Å². The van der Waals surface area contributed by atoms with Crippen LogP contribution in [0.15, 0.2) is 0 Å². The molecule has 4 fully saturated rings. The summed E-state index contributed by atoms with van der Waals surface area (Å²) in [4.78, 5) is 25.7. The molecular weight excluding hydrogens is 412 g/mol. The highest BCUT2D eigenvalue weighted by Crippen LogP contribution is 2.68. The molecule has 0 radical (unpaired) electrons. The van der Waals surface area contributed by atoms with Crippen LogP contribution in [0.25, 0.3) is 0 Å². The second-order valence-corrected chi connectivity index (χ2v) is 12.0. The molecular formula is C29H50O4. The number of ether oxygens (including phenoxy) is 1. The molecule has 0 amide bonds. The SMILES string of the molecule is CC.CC[C@H]1C(=O)C2C3CCC([C@H](C)CCC(=O)OC)C3(C)CC[C@@H]2C2(C)CC[C@@H](O)CC12. The second kappa shape index (κ2) is 10.4. The van der Waals surface area contributed by atoms with Gasteiger partial charge in [0.1, 0.15) is 5.78 Å². The molecule has 1 N–H and O–H groups in total. The molecule has 0 spiro atoms. The number of carbonyl (C=O) groups is 2. The molecule has 190 valence electrons.